The lowest BCUT2D eigenvalue weighted by atomic mass is 9.84. The van der Waals surface area contributed by atoms with Crippen LogP contribution in [0.5, 0.6) is 0 Å². The molecule has 1 aliphatic rings. The van der Waals surface area contributed by atoms with Gasteiger partial charge >= 0.3 is 0 Å². The molecule has 0 heterocycles. The van der Waals surface area contributed by atoms with Gasteiger partial charge in [0.15, 0.2) is 0 Å². The monoisotopic (exact) mass is 295 g/mol. The van der Waals surface area contributed by atoms with E-state index in [9.17, 15) is 10.1 Å². The van der Waals surface area contributed by atoms with E-state index in [-0.39, 0.29) is 10.6 Å². The molecule has 0 atom stereocenters. The van der Waals surface area contributed by atoms with E-state index in [1.165, 1.54) is 19.3 Å². The molecule has 1 aromatic carbocycles. The summed E-state index contributed by atoms with van der Waals surface area (Å²) in [6.45, 7) is 3.58. The largest absolute Gasteiger partial charge is 0.385 e. The molecule has 0 saturated heterocycles. The number of thioether (sulfide) groups is 1. The molecule has 0 unspecified atom stereocenters. The fraction of sp³-hybridized carbons (Fsp3) is 0.571. The molecule has 0 amide bonds. The first-order valence-electron chi connectivity index (χ1n) is 6.91. The summed E-state index contributed by atoms with van der Waals surface area (Å²) in [5.41, 5.74) is 1.73. The predicted octanol–water partition coefficient (Wildman–Crippen LogP) is 3.72. The van der Waals surface area contributed by atoms with Crippen molar-refractivity contribution in [3.05, 3.63) is 28.3 Å². The van der Waals surface area contributed by atoms with Crippen LogP contribution < -0.4 is 10.6 Å². The smallest absolute Gasteiger partial charge is 0.273 e. The number of nitro groups is 1. The fourth-order valence-electron chi connectivity index (χ4n) is 2.41. The summed E-state index contributed by atoms with van der Waals surface area (Å²) in [7, 11) is 0. The molecule has 1 fully saturated rings. The summed E-state index contributed by atoms with van der Waals surface area (Å²) in [6.07, 6.45) is 5.85. The zero-order valence-corrected chi connectivity index (χ0v) is 12.8. The first kappa shape index (κ1) is 15.0. The normalized spacial score (nSPS) is 16.3. The quantitative estimate of drug-likeness (QED) is 0.592. The standard InChI is InChI=1S/C14H21N3O2S/c1-3-15-11-7-12(9-13(8-11)17(18)19)16-10-14(20-2)5-4-6-14/h7-9,15-16H,3-6,10H2,1-2H3. The van der Waals surface area contributed by atoms with Crippen molar-refractivity contribution in [2.24, 2.45) is 0 Å². The van der Waals surface area contributed by atoms with Crippen LogP contribution in [0.4, 0.5) is 17.1 Å². The number of hydrogen-bond acceptors (Lipinski definition) is 5. The molecule has 1 aromatic rings. The molecule has 0 aliphatic heterocycles. The molecule has 0 radical (unpaired) electrons. The van der Waals surface area contributed by atoms with Crippen LogP contribution in [-0.2, 0) is 0 Å². The van der Waals surface area contributed by atoms with E-state index in [1.54, 1.807) is 12.1 Å². The maximum atomic E-state index is 11.0. The summed E-state index contributed by atoms with van der Waals surface area (Å²) in [6, 6.07) is 5.11. The summed E-state index contributed by atoms with van der Waals surface area (Å²) in [5.74, 6) is 0. The Kier molecular flexibility index (Phi) is 4.75. The molecule has 6 heteroatoms. The lowest BCUT2D eigenvalue weighted by Gasteiger charge is -2.40. The second kappa shape index (κ2) is 6.35. The summed E-state index contributed by atoms with van der Waals surface area (Å²) < 4.78 is 0.309. The SMILES string of the molecule is CCNc1cc(NCC2(SC)CCC2)cc([N+](=O)[O-])c1. The third-order valence-corrected chi connectivity index (χ3v) is 5.24. The van der Waals surface area contributed by atoms with Gasteiger partial charge in [0.2, 0.25) is 0 Å². The number of anilines is 2. The second-order valence-electron chi connectivity index (χ2n) is 5.15. The van der Waals surface area contributed by atoms with E-state index < -0.39 is 0 Å². The Bertz CT molecular complexity index is 484. The summed E-state index contributed by atoms with van der Waals surface area (Å²) >= 11 is 1.89. The van der Waals surface area contributed by atoms with E-state index in [4.69, 9.17) is 0 Å². The average molecular weight is 295 g/mol. The van der Waals surface area contributed by atoms with E-state index in [0.717, 1.165) is 24.5 Å². The maximum absolute atomic E-state index is 11.0. The highest BCUT2D eigenvalue weighted by atomic mass is 32.2. The van der Waals surface area contributed by atoms with Crippen molar-refractivity contribution in [3.8, 4) is 0 Å². The van der Waals surface area contributed by atoms with Gasteiger partial charge in [0, 0.05) is 41.3 Å². The molecular weight excluding hydrogens is 274 g/mol. The van der Waals surface area contributed by atoms with Crippen molar-refractivity contribution in [2.45, 2.75) is 30.9 Å². The number of nitro benzene ring substituents is 1. The van der Waals surface area contributed by atoms with Gasteiger partial charge in [-0.25, -0.2) is 0 Å². The highest BCUT2D eigenvalue weighted by Gasteiger charge is 2.35. The Morgan fingerprint density at radius 2 is 1.95 bits per heavy atom. The molecular formula is C14H21N3O2S. The molecule has 1 saturated carbocycles. The first-order chi connectivity index (χ1) is 9.58. The van der Waals surface area contributed by atoms with Crippen molar-refractivity contribution < 1.29 is 4.92 Å². The van der Waals surface area contributed by atoms with Crippen molar-refractivity contribution in [2.75, 3.05) is 30.0 Å². The van der Waals surface area contributed by atoms with E-state index in [0.29, 0.717) is 4.75 Å². The highest BCUT2D eigenvalue weighted by molar-refractivity contribution is 8.00. The number of nitrogens with one attached hydrogen (secondary N) is 2. The number of hydrogen-bond donors (Lipinski definition) is 2. The van der Waals surface area contributed by atoms with E-state index >= 15 is 0 Å². The fourth-order valence-corrected chi connectivity index (χ4v) is 3.33. The van der Waals surface area contributed by atoms with Crippen LogP contribution in [0.15, 0.2) is 18.2 Å². The molecule has 5 nitrogen and oxygen atoms in total. The van der Waals surface area contributed by atoms with Gasteiger partial charge in [0.05, 0.1) is 4.92 Å². The van der Waals surface area contributed by atoms with Gasteiger partial charge in [-0.1, -0.05) is 6.42 Å². The van der Waals surface area contributed by atoms with Crippen LogP contribution in [0.1, 0.15) is 26.2 Å². The molecule has 20 heavy (non-hydrogen) atoms. The van der Waals surface area contributed by atoms with Gasteiger partial charge in [0.25, 0.3) is 5.69 Å². The van der Waals surface area contributed by atoms with Gasteiger partial charge in [-0.3, -0.25) is 10.1 Å². The number of rotatable bonds is 7. The third-order valence-electron chi connectivity index (χ3n) is 3.82. The van der Waals surface area contributed by atoms with Crippen LogP contribution in [0.3, 0.4) is 0 Å². The minimum atomic E-state index is -0.348. The van der Waals surface area contributed by atoms with Crippen molar-refractivity contribution in [3.63, 3.8) is 0 Å². The third kappa shape index (κ3) is 3.36. The summed E-state index contributed by atoms with van der Waals surface area (Å²) in [4.78, 5) is 10.6. The minimum Gasteiger partial charge on any atom is -0.385 e. The molecule has 2 rings (SSSR count). The Labute approximate surface area is 123 Å². The van der Waals surface area contributed by atoms with Crippen molar-refractivity contribution >= 4 is 28.8 Å². The molecule has 1 aliphatic carbocycles. The lowest BCUT2D eigenvalue weighted by Crippen LogP contribution is -2.40. The van der Waals surface area contributed by atoms with Gasteiger partial charge in [0.1, 0.15) is 0 Å². The topological polar surface area (TPSA) is 67.2 Å². The lowest BCUT2D eigenvalue weighted by molar-refractivity contribution is -0.384. The van der Waals surface area contributed by atoms with Gasteiger partial charge in [-0.05, 0) is 32.1 Å². The maximum Gasteiger partial charge on any atom is 0.273 e. The number of non-ortho nitro benzene ring substituents is 1. The van der Waals surface area contributed by atoms with Crippen LogP contribution in [0, 0.1) is 10.1 Å². The van der Waals surface area contributed by atoms with Crippen LogP contribution in [0.2, 0.25) is 0 Å². The predicted molar refractivity (Wildman–Crippen MR) is 85.8 cm³/mol. The van der Waals surface area contributed by atoms with E-state index in [1.807, 2.05) is 24.8 Å². The van der Waals surface area contributed by atoms with Gasteiger partial charge in [-0.15, -0.1) is 0 Å². The van der Waals surface area contributed by atoms with Crippen LogP contribution >= 0.6 is 11.8 Å². The van der Waals surface area contributed by atoms with Gasteiger partial charge in [-0.2, -0.15) is 11.8 Å². The Hall–Kier alpha value is -1.43. The van der Waals surface area contributed by atoms with Crippen LogP contribution in [0.25, 0.3) is 0 Å². The van der Waals surface area contributed by atoms with Gasteiger partial charge < -0.3 is 10.6 Å². The number of benzene rings is 1. The average Bonchev–Trinajstić information content (AvgIpc) is 2.38. The second-order valence-corrected chi connectivity index (χ2v) is 6.42. The zero-order chi connectivity index (χ0) is 14.6. The molecule has 0 aromatic heterocycles. The van der Waals surface area contributed by atoms with Crippen molar-refractivity contribution in [1.82, 2.24) is 0 Å². The minimum absolute atomic E-state index is 0.123. The molecule has 0 bridgehead atoms. The van der Waals surface area contributed by atoms with E-state index in [2.05, 4.69) is 16.9 Å². The Morgan fingerprint density at radius 3 is 2.40 bits per heavy atom. The first-order valence-corrected chi connectivity index (χ1v) is 8.13. The summed E-state index contributed by atoms with van der Waals surface area (Å²) in [5, 5.41) is 17.5. The van der Waals surface area contributed by atoms with Crippen LogP contribution in [-0.4, -0.2) is 29.0 Å². The zero-order valence-electron chi connectivity index (χ0n) is 11.9. The molecule has 2 N–H and O–H groups in total. The number of nitrogens with zero attached hydrogens (tertiary/aromatic N) is 1. The Morgan fingerprint density at radius 1 is 1.30 bits per heavy atom. The Balaban J connectivity index is 2.11. The highest BCUT2D eigenvalue weighted by Crippen LogP contribution is 2.42. The molecule has 110 valence electrons. The van der Waals surface area contributed by atoms with Crippen molar-refractivity contribution in [1.29, 1.82) is 0 Å². The molecule has 0 spiro atoms.